The number of likely N-dealkylation sites (N-methyl/N-ethyl adjacent to an activating group) is 1. The topological polar surface area (TPSA) is 75.5 Å². The Labute approximate surface area is 147 Å². The molecule has 0 radical (unpaired) electrons. The molecule has 2 aromatic rings. The SMILES string of the molecule is CN(Cc1ccccc1)C(=O)CNc1ccc(C(F)(F)F)cc1[N+](=O)[O-]. The number of nitro groups is 1. The smallest absolute Gasteiger partial charge is 0.371 e. The largest absolute Gasteiger partial charge is 0.416 e. The number of amides is 1. The van der Waals surface area contributed by atoms with Crippen LogP contribution in [0.5, 0.6) is 0 Å². The number of nitrogens with zero attached hydrogens (tertiary/aromatic N) is 2. The third-order valence-electron chi connectivity index (χ3n) is 3.64. The number of benzene rings is 2. The quantitative estimate of drug-likeness (QED) is 0.624. The van der Waals surface area contributed by atoms with Crippen molar-refractivity contribution in [2.45, 2.75) is 12.7 Å². The molecule has 0 spiro atoms. The van der Waals surface area contributed by atoms with Crippen LogP contribution in [-0.4, -0.2) is 29.3 Å². The van der Waals surface area contributed by atoms with Gasteiger partial charge in [0.1, 0.15) is 5.69 Å². The van der Waals surface area contributed by atoms with Crippen molar-refractivity contribution in [3.8, 4) is 0 Å². The van der Waals surface area contributed by atoms with Crippen LogP contribution in [0.1, 0.15) is 11.1 Å². The average Bonchev–Trinajstić information content (AvgIpc) is 2.59. The molecule has 0 unspecified atom stereocenters. The number of anilines is 1. The van der Waals surface area contributed by atoms with Gasteiger partial charge in [-0.3, -0.25) is 14.9 Å². The van der Waals surface area contributed by atoms with E-state index in [0.717, 1.165) is 17.7 Å². The predicted octanol–water partition coefficient (Wildman–Crippen LogP) is 3.68. The summed E-state index contributed by atoms with van der Waals surface area (Å²) >= 11 is 0. The van der Waals surface area contributed by atoms with E-state index in [4.69, 9.17) is 0 Å². The molecule has 6 nitrogen and oxygen atoms in total. The Bertz CT molecular complexity index is 795. The lowest BCUT2D eigenvalue weighted by Gasteiger charge is -2.18. The third kappa shape index (κ3) is 4.95. The van der Waals surface area contributed by atoms with Crippen molar-refractivity contribution in [1.82, 2.24) is 4.90 Å². The van der Waals surface area contributed by atoms with Gasteiger partial charge in [0.2, 0.25) is 5.91 Å². The van der Waals surface area contributed by atoms with Crippen LogP contribution in [0.15, 0.2) is 48.5 Å². The number of alkyl halides is 3. The van der Waals surface area contributed by atoms with Crippen LogP contribution in [0, 0.1) is 10.1 Å². The van der Waals surface area contributed by atoms with E-state index >= 15 is 0 Å². The Morgan fingerprint density at radius 2 is 1.85 bits per heavy atom. The van der Waals surface area contributed by atoms with E-state index in [1.807, 2.05) is 30.3 Å². The van der Waals surface area contributed by atoms with E-state index in [9.17, 15) is 28.1 Å². The normalized spacial score (nSPS) is 11.1. The van der Waals surface area contributed by atoms with Crippen molar-refractivity contribution in [3.63, 3.8) is 0 Å². The maximum Gasteiger partial charge on any atom is 0.416 e. The number of carbonyl (C=O) groups is 1. The molecule has 1 N–H and O–H groups in total. The summed E-state index contributed by atoms with van der Waals surface area (Å²) in [4.78, 5) is 23.7. The zero-order valence-corrected chi connectivity index (χ0v) is 13.8. The third-order valence-corrected chi connectivity index (χ3v) is 3.64. The molecule has 0 heterocycles. The zero-order chi connectivity index (χ0) is 19.3. The Balaban J connectivity index is 2.06. The number of hydrogen-bond acceptors (Lipinski definition) is 4. The number of nitro benzene ring substituents is 1. The molecular formula is C17H16F3N3O3. The number of halogens is 3. The first-order valence-electron chi connectivity index (χ1n) is 7.56. The van der Waals surface area contributed by atoms with Gasteiger partial charge in [-0.05, 0) is 17.7 Å². The molecular weight excluding hydrogens is 351 g/mol. The fourth-order valence-corrected chi connectivity index (χ4v) is 2.26. The van der Waals surface area contributed by atoms with E-state index in [1.54, 1.807) is 7.05 Å². The van der Waals surface area contributed by atoms with Crippen LogP contribution < -0.4 is 5.32 Å². The molecule has 0 saturated carbocycles. The van der Waals surface area contributed by atoms with Crippen molar-refractivity contribution >= 4 is 17.3 Å². The second-order valence-electron chi connectivity index (χ2n) is 5.58. The van der Waals surface area contributed by atoms with E-state index < -0.39 is 22.4 Å². The van der Waals surface area contributed by atoms with Crippen LogP contribution in [0.2, 0.25) is 0 Å². The minimum Gasteiger partial charge on any atom is -0.371 e. The van der Waals surface area contributed by atoms with Crippen LogP contribution in [0.3, 0.4) is 0 Å². The minimum absolute atomic E-state index is 0.149. The molecule has 138 valence electrons. The summed E-state index contributed by atoms with van der Waals surface area (Å²) in [5.41, 5.74) is -1.10. The summed E-state index contributed by atoms with van der Waals surface area (Å²) in [5, 5.41) is 13.6. The maximum absolute atomic E-state index is 12.7. The summed E-state index contributed by atoms with van der Waals surface area (Å²) in [7, 11) is 1.57. The molecule has 26 heavy (non-hydrogen) atoms. The summed E-state index contributed by atoms with van der Waals surface area (Å²) in [6, 6.07) is 11.3. The summed E-state index contributed by atoms with van der Waals surface area (Å²) in [6.45, 7) is 0.0615. The molecule has 0 aromatic heterocycles. The van der Waals surface area contributed by atoms with Gasteiger partial charge in [-0.15, -0.1) is 0 Å². The minimum atomic E-state index is -4.69. The van der Waals surface area contributed by atoms with E-state index in [2.05, 4.69) is 5.32 Å². The molecule has 2 aromatic carbocycles. The molecule has 0 atom stereocenters. The Kier molecular flexibility index (Phi) is 5.81. The highest BCUT2D eigenvalue weighted by Crippen LogP contribution is 2.34. The van der Waals surface area contributed by atoms with E-state index in [0.29, 0.717) is 12.6 Å². The van der Waals surface area contributed by atoms with Crippen molar-refractivity contribution in [3.05, 3.63) is 69.8 Å². The molecule has 0 aliphatic carbocycles. The molecule has 9 heteroatoms. The van der Waals surface area contributed by atoms with Gasteiger partial charge in [0.05, 0.1) is 17.0 Å². The van der Waals surface area contributed by atoms with Gasteiger partial charge in [-0.2, -0.15) is 13.2 Å². The lowest BCUT2D eigenvalue weighted by molar-refractivity contribution is -0.384. The van der Waals surface area contributed by atoms with E-state index in [1.165, 1.54) is 4.90 Å². The number of hydrogen-bond donors (Lipinski definition) is 1. The van der Waals surface area contributed by atoms with Gasteiger partial charge < -0.3 is 10.2 Å². The first-order chi connectivity index (χ1) is 12.2. The molecule has 2 rings (SSSR count). The lowest BCUT2D eigenvalue weighted by atomic mass is 10.1. The van der Waals surface area contributed by atoms with Gasteiger partial charge >= 0.3 is 6.18 Å². The van der Waals surface area contributed by atoms with Gasteiger partial charge in [0.25, 0.3) is 5.69 Å². The van der Waals surface area contributed by atoms with Crippen LogP contribution in [0.4, 0.5) is 24.5 Å². The molecule has 0 saturated heterocycles. The van der Waals surface area contributed by atoms with Crippen LogP contribution >= 0.6 is 0 Å². The fourth-order valence-electron chi connectivity index (χ4n) is 2.26. The highest BCUT2D eigenvalue weighted by Gasteiger charge is 2.33. The van der Waals surface area contributed by atoms with Crippen molar-refractivity contribution < 1.29 is 22.9 Å². The molecule has 1 amide bonds. The fraction of sp³-hybridized carbons (Fsp3) is 0.235. The van der Waals surface area contributed by atoms with Crippen molar-refractivity contribution in [2.24, 2.45) is 0 Å². The van der Waals surface area contributed by atoms with E-state index in [-0.39, 0.29) is 18.1 Å². The molecule has 0 bridgehead atoms. The summed E-state index contributed by atoms with van der Waals surface area (Å²) < 4.78 is 38.1. The summed E-state index contributed by atoms with van der Waals surface area (Å²) in [6.07, 6.45) is -4.69. The second-order valence-corrected chi connectivity index (χ2v) is 5.58. The van der Waals surface area contributed by atoms with Gasteiger partial charge in [-0.1, -0.05) is 30.3 Å². The molecule has 0 fully saturated rings. The first kappa shape index (κ1) is 19.2. The molecule has 0 aliphatic heterocycles. The van der Waals surface area contributed by atoms with Gasteiger partial charge in [0.15, 0.2) is 0 Å². The highest BCUT2D eigenvalue weighted by atomic mass is 19.4. The monoisotopic (exact) mass is 367 g/mol. The number of rotatable bonds is 6. The van der Waals surface area contributed by atoms with Gasteiger partial charge in [0, 0.05) is 19.7 Å². The second kappa shape index (κ2) is 7.85. The highest BCUT2D eigenvalue weighted by molar-refractivity contribution is 5.81. The predicted molar refractivity (Wildman–Crippen MR) is 89.5 cm³/mol. The zero-order valence-electron chi connectivity index (χ0n) is 13.8. The Morgan fingerprint density at radius 1 is 1.19 bits per heavy atom. The van der Waals surface area contributed by atoms with Crippen molar-refractivity contribution in [2.75, 3.05) is 18.9 Å². The van der Waals surface area contributed by atoms with Crippen molar-refractivity contribution in [1.29, 1.82) is 0 Å². The number of nitrogens with one attached hydrogen (secondary N) is 1. The first-order valence-corrected chi connectivity index (χ1v) is 7.56. The summed E-state index contributed by atoms with van der Waals surface area (Å²) in [5.74, 6) is -0.358. The molecule has 0 aliphatic rings. The van der Waals surface area contributed by atoms with Crippen LogP contribution in [-0.2, 0) is 17.5 Å². The standard InChI is InChI=1S/C17H16F3N3O3/c1-22(11-12-5-3-2-4-6-12)16(24)10-21-14-8-7-13(17(18,19)20)9-15(14)23(25)26/h2-9,21H,10-11H2,1H3. The maximum atomic E-state index is 12.7. The average molecular weight is 367 g/mol. The lowest BCUT2D eigenvalue weighted by Crippen LogP contribution is -2.31. The van der Waals surface area contributed by atoms with Crippen LogP contribution in [0.25, 0.3) is 0 Å². The van der Waals surface area contributed by atoms with Gasteiger partial charge in [-0.25, -0.2) is 0 Å². The Hall–Kier alpha value is -3.10. The Morgan fingerprint density at radius 3 is 2.42 bits per heavy atom. The number of carbonyl (C=O) groups excluding carboxylic acids is 1.